The molecule has 0 saturated heterocycles. The number of ketones is 1. The minimum atomic E-state index is -0.352. The third-order valence-corrected chi connectivity index (χ3v) is 10.0. The third kappa shape index (κ3) is 2.49. The van der Waals surface area contributed by atoms with Crippen LogP contribution in [0.25, 0.3) is 0 Å². The summed E-state index contributed by atoms with van der Waals surface area (Å²) in [7, 11) is 0. The fraction of sp³-hybridized carbons (Fsp3) is 0.957. The zero-order valence-electron chi connectivity index (χ0n) is 17.0. The summed E-state index contributed by atoms with van der Waals surface area (Å²) in [6.45, 7) is 7.23. The average molecular weight is 363 g/mol. The molecule has 7 atom stereocenters. The van der Waals surface area contributed by atoms with Crippen molar-refractivity contribution in [2.24, 2.45) is 45.8 Å². The van der Waals surface area contributed by atoms with E-state index in [2.05, 4.69) is 20.8 Å². The van der Waals surface area contributed by atoms with Crippen LogP contribution >= 0.6 is 0 Å². The first-order valence-electron chi connectivity index (χ1n) is 11.0. The van der Waals surface area contributed by atoms with Gasteiger partial charge in [0.2, 0.25) is 0 Å². The van der Waals surface area contributed by atoms with Gasteiger partial charge in [-0.2, -0.15) is 0 Å². The van der Waals surface area contributed by atoms with Crippen LogP contribution in [0.4, 0.5) is 0 Å². The summed E-state index contributed by atoms with van der Waals surface area (Å²) < 4.78 is 0. The van der Waals surface area contributed by atoms with Gasteiger partial charge in [0.1, 0.15) is 5.78 Å². The summed E-state index contributed by atoms with van der Waals surface area (Å²) >= 11 is 0. The van der Waals surface area contributed by atoms with E-state index in [0.29, 0.717) is 23.0 Å². The standard InChI is InChI=1S/C23H38O3/c1-21(13-24,14-25)20-7-6-18-17-5-4-15-12-16(26)8-10-22(15,2)19(17)9-11-23(18,20)3/h15,17-20,24-25H,4-14H2,1-3H3/t15?,17-,18-,19-,20+,22-,23-/m0/s1. The van der Waals surface area contributed by atoms with Gasteiger partial charge < -0.3 is 10.2 Å². The highest BCUT2D eigenvalue weighted by molar-refractivity contribution is 5.79. The summed E-state index contributed by atoms with van der Waals surface area (Å²) in [5.74, 6) is 3.84. The van der Waals surface area contributed by atoms with Crippen LogP contribution in [-0.2, 0) is 4.79 Å². The highest BCUT2D eigenvalue weighted by atomic mass is 16.3. The minimum absolute atomic E-state index is 0.0898. The Kier molecular flexibility index (Phi) is 4.59. The van der Waals surface area contributed by atoms with Gasteiger partial charge in [0.05, 0.1) is 13.2 Å². The first-order chi connectivity index (χ1) is 12.3. The van der Waals surface area contributed by atoms with E-state index < -0.39 is 0 Å². The molecule has 0 spiro atoms. The van der Waals surface area contributed by atoms with Crippen LogP contribution in [0.2, 0.25) is 0 Å². The number of aliphatic hydroxyl groups is 2. The maximum atomic E-state index is 12.0. The molecule has 0 radical (unpaired) electrons. The molecule has 26 heavy (non-hydrogen) atoms. The Balaban J connectivity index is 1.61. The fourth-order valence-corrected chi connectivity index (χ4v) is 8.46. The number of fused-ring (bicyclic) bond motifs is 5. The van der Waals surface area contributed by atoms with Crippen molar-refractivity contribution in [3.8, 4) is 0 Å². The van der Waals surface area contributed by atoms with Crippen LogP contribution in [0, 0.1) is 45.8 Å². The normalized spacial score (nSPS) is 48.7. The second-order valence-corrected chi connectivity index (χ2v) is 11.0. The largest absolute Gasteiger partial charge is 0.396 e. The van der Waals surface area contributed by atoms with Gasteiger partial charge in [0, 0.05) is 18.3 Å². The molecule has 3 nitrogen and oxygen atoms in total. The van der Waals surface area contributed by atoms with Gasteiger partial charge in [-0.25, -0.2) is 0 Å². The molecule has 0 heterocycles. The van der Waals surface area contributed by atoms with Crippen LogP contribution < -0.4 is 0 Å². The molecular weight excluding hydrogens is 324 g/mol. The van der Waals surface area contributed by atoms with Gasteiger partial charge in [-0.15, -0.1) is 0 Å². The van der Waals surface area contributed by atoms with Crippen molar-refractivity contribution in [1.29, 1.82) is 0 Å². The van der Waals surface area contributed by atoms with E-state index in [1.165, 1.54) is 32.1 Å². The fourth-order valence-electron chi connectivity index (χ4n) is 8.46. The summed E-state index contributed by atoms with van der Waals surface area (Å²) in [5, 5.41) is 20.0. The molecule has 148 valence electrons. The molecule has 4 aliphatic rings. The molecule has 0 aromatic heterocycles. The number of rotatable bonds is 3. The zero-order valence-corrected chi connectivity index (χ0v) is 17.0. The van der Waals surface area contributed by atoms with Crippen molar-refractivity contribution >= 4 is 5.78 Å². The SMILES string of the molecule is CC(CO)(CO)[C@H]1CC[C@H]2[C@@H]3CCC4CC(=O)CC[C@]4(C)[C@H]3CC[C@]12C. The van der Waals surface area contributed by atoms with Crippen molar-refractivity contribution in [2.45, 2.75) is 78.6 Å². The summed E-state index contributed by atoms with van der Waals surface area (Å²) in [4.78, 5) is 12.0. The molecule has 0 aromatic rings. The highest BCUT2D eigenvalue weighted by Crippen LogP contribution is 2.69. The Morgan fingerprint density at radius 3 is 2.35 bits per heavy atom. The molecule has 2 N–H and O–H groups in total. The number of hydrogen-bond donors (Lipinski definition) is 2. The molecule has 0 aromatic carbocycles. The Labute approximate surface area is 158 Å². The van der Waals surface area contributed by atoms with E-state index in [1.54, 1.807) is 0 Å². The maximum absolute atomic E-state index is 12.0. The van der Waals surface area contributed by atoms with Crippen LogP contribution in [0.5, 0.6) is 0 Å². The molecule has 4 aliphatic carbocycles. The first-order valence-corrected chi connectivity index (χ1v) is 11.0. The Bertz CT molecular complexity index is 568. The average Bonchev–Trinajstić information content (AvgIpc) is 2.99. The first kappa shape index (κ1) is 18.9. The maximum Gasteiger partial charge on any atom is 0.133 e. The highest BCUT2D eigenvalue weighted by Gasteiger charge is 2.62. The third-order valence-electron chi connectivity index (χ3n) is 10.0. The number of carbonyl (C=O) groups is 1. The lowest BCUT2D eigenvalue weighted by Gasteiger charge is -2.61. The van der Waals surface area contributed by atoms with Gasteiger partial charge in [-0.1, -0.05) is 20.8 Å². The second kappa shape index (κ2) is 6.30. The molecule has 1 unspecified atom stereocenters. The Morgan fingerprint density at radius 2 is 1.65 bits per heavy atom. The van der Waals surface area contributed by atoms with Crippen molar-refractivity contribution in [3.05, 3.63) is 0 Å². The minimum Gasteiger partial charge on any atom is -0.396 e. The van der Waals surface area contributed by atoms with E-state index in [0.717, 1.165) is 43.4 Å². The molecule has 3 heteroatoms. The van der Waals surface area contributed by atoms with Crippen LogP contribution in [0.1, 0.15) is 78.6 Å². The van der Waals surface area contributed by atoms with E-state index in [1.807, 2.05) is 0 Å². The second-order valence-electron chi connectivity index (χ2n) is 11.0. The quantitative estimate of drug-likeness (QED) is 0.791. The van der Waals surface area contributed by atoms with E-state index in [4.69, 9.17) is 0 Å². The lowest BCUT2D eigenvalue weighted by atomic mass is 9.44. The lowest BCUT2D eigenvalue weighted by molar-refractivity contribution is -0.144. The van der Waals surface area contributed by atoms with Crippen LogP contribution in [-0.4, -0.2) is 29.2 Å². The molecule has 0 aliphatic heterocycles. The van der Waals surface area contributed by atoms with E-state index in [9.17, 15) is 15.0 Å². The van der Waals surface area contributed by atoms with Crippen molar-refractivity contribution in [3.63, 3.8) is 0 Å². The van der Waals surface area contributed by atoms with Crippen molar-refractivity contribution in [2.75, 3.05) is 13.2 Å². The predicted octanol–water partition coefficient (Wildman–Crippen LogP) is 4.21. The van der Waals surface area contributed by atoms with Gasteiger partial charge in [-0.05, 0) is 85.4 Å². The van der Waals surface area contributed by atoms with Gasteiger partial charge in [0.15, 0.2) is 0 Å². The van der Waals surface area contributed by atoms with Gasteiger partial charge >= 0.3 is 0 Å². The van der Waals surface area contributed by atoms with E-state index in [-0.39, 0.29) is 24.0 Å². The smallest absolute Gasteiger partial charge is 0.133 e. The van der Waals surface area contributed by atoms with Crippen LogP contribution in [0.3, 0.4) is 0 Å². The van der Waals surface area contributed by atoms with Crippen molar-refractivity contribution < 1.29 is 15.0 Å². The number of aliphatic hydroxyl groups excluding tert-OH is 2. The summed E-state index contributed by atoms with van der Waals surface area (Å²) in [6, 6.07) is 0. The van der Waals surface area contributed by atoms with Gasteiger partial charge in [0.25, 0.3) is 0 Å². The molecule has 0 bridgehead atoms. The van der Waals surface area contributed by atoms with Gasteiger partial charge in [-0.3, -0.25) is 4.79 Å². The Hall–Kier alpha value is -0.410. The number of Topliss-reactive ketones (excluding diaryl/α,β-unsaturated/α-hetero) is 1. The van der Waals surface area contributed by atoms with Crippen LogP contribution in [0.15, 0.2) is 0 Å². The number of carbonyl (C=O) groups excluding carboxylic acids is 1. The summed E-state index contributed by atoms with van der Waals surface area (Å²) in [5.41, 5.74) is 0.275. The monoisotopic (exact) mass is 362 g/mol. The molecular formula is C23H38O3. The zero-order chi connectivity index (χ0) is 18.7. The predicted molar refractivity (Wildman–Crippen MR) is 103 cm³/mol. The number of hydrogen-bond acceptors (Lipinski definition) is 3. The molecule has 4 saturated carbocycles. The molecule has 4 rings (SSSR count). The summed E-state index contributed by atoms with van der Waals surface area (Å²) in [6.07, 6.45) is 10.2. The molecule has 4 fully saturated rings. The van der Waals surface area contributed by atoms with Crippen molar-refractivity contribution in [1.82, 2.24) is 0 Å². The van der Waals surface area contributed by atoms with E-state index >= 15 is 0 Å². The lowest BCUT2D eigenvalue weighted by Crippen LogP contribution is -2.55. The Morgan fingerprint density at radius 1 is 0.962 bits per heavy atom. The molecule has 0 amide bonds. The topological polar surface area (TPSA) is 57.5 Å².